The zero-order valence-electron chi connectivity index (χ0n) is 9.98. The highest BCUT2D eigenvalue weighted by molar-refractivity contribution is 5.75. The Morgan fingerprint density at radius 3 is 2.62 bits per heavy atom. The molecule has 0 aliphatic carbocycles. The van der Waals surface area contributed by atoms with E-state index < -0.39 is 12.0 Å². The molecule has 2 N–H and O–H groups in total. The zero-order valence-corrected chi connectivity index (χ0v) is 9.98. The predicted molar refractivity (Wildman–Crippen MR) is 61.5 cm³/mol. The molecule has 0 aliphatic heterocycles. The minimum atomic E-state index is -0.926. The molecular weight excluding hydrogens is 206 g/mol. The minimum Gasteiger partial charge on any atom is -0.480 e. The van der Waals surface area contributed by atoms with Gasteiger partial charge in [0, 0.05) is 11.6 Å². The monoisotopic (exact) mass is 223 g/mol. The maximum absolute atomic E-state index is 10.7. The molecule has 0 amide bonds. The van der Waals surface area contributed by atoms with Crippen molar-refractivity contribution in [2.24, 2.45) is 0 Å². The number of carboxylic acids is 1. The van der Waals surface area contributed by atoms with Crippen LogP contribution in [0.5, 0.6) is 0 Å². The van der Waals surface area contributed by atoms with Gasteiger partial charge in [0.2, 0.25) is 5.95 Å². The van der Waals surface area contributed by atoms with Gasteiger partial charge >= 0.3 is 5.97 Å². The standard InChI is InChI=1S/C11H17N3O2/c1-7(9(15)16)13-10-12-6-5-8(14-10)11(2,3)4/h5-7H,1-4H3,(H,15,16)(H,12,13,14). The Morgan fingerprint density at radius 2 is 2.12 bits per heavy atom. The number of nitrogens with zero attached hydrogens (tertiary/aromatic N) is 2. The summed E-state index contributed by atoms with van der Waals surface area (Å²) in [5.41, 5.74) is 0.800. The van der Waals surface area contributed by atoms with E-state index in [4.69, 9.17) is 5.11 Å². The van der Waals surface area contributed by atoms with Crippen LogP contribution in [0.15, 0.2) is 12.3 Å². The second kappa shape index (κ2) is 4.47. The van der Waals surface area contributed by atoms with E-state index in [0.29, 0.717) is 5.95 Å². The van der Waals surface area contributed by atoms with Crippen LogP contribution in [0.25, 0.3) is 0 Å². The van der Waals surface area contributed by atoms with Gasteiger partial charge in [-0.3, -0.25) is 4.79 Å². The van der Waals surface area contributed by atoms with Crippen molar-refractivity contribution in [1.29, 1.82) is 0 Å². The van der Waals surface area contributed by atoms with Crippen molar-refractivity contribution < 1.29 is 9.90 Å². The predicted octanol–water partition coefficient (Wildman–Crippen LogP) is 1.66. The van der Waals surface area contributed by atoms with Crippen molar-refractivity contribution in [2.75, 3.05) is 5.32 Å². The van der Waals surface area contributed by atoms with E-state index in [0.717, 1.165) is 5.69 Å². The van der Waals surface area contributed by atoms with Crippen molar-refractivity contribution in [1.82, 2.24) is 9.97 Å². The van der Waals surface area contributed by atoms with Gasteiger partial charge in [-0.1, -0.05) is 20.8 Å². The van der Waals surface area contributed by atoms with Crippen molar-refractivity contribution in [3.05, 3.63) is 18.0 Å². The van der Waals surface area contributed by atoms with Crippen molar-refractivity contribution >= 4 is 11.9 Å². The molecule has 1 aromatic rings. The maximum Gasteiger partial charge on any atom is 0.325 e. The summed E-state index contributed by atoms with van der Waals surface area (Å²) in [7, 11) is 0. The fourth-order valence-corrected chi connectivity index (χ4v) is 1.10. The molecule has 1 unspecified atom stereocenters. The van der Waals surface area contributed by atoms with Crippen LogP contribution in [0, 0.1) is 0 Å². The molecule has 1 heterocycles. The van der Waals surface area contributed by atoms with Crippen LogP contribution in [0.2, 0.25) is 0 Å². The zero-order chi connectivity index (χ0) is 12.3. The number of hydrogen-bond donors (Lipinski definition) is 2. The van der Waals surface area contributed by atoms with Crippen LogP contribution < -0.4 is 5.32 Å². The van der Waals surface area contributed by atoms with E-state index in [9.17, 15) is 4.79 Å². The summed E-state index contributed by atoms with van der Waals surface area (Å²) >= 11 is 0. The fraction of sp³-hybridized carbons (Fsp3) is 0.545. The van der Waals surface area contributed by atoms with Gasteiger partial charge in [0.05, 0.1) is 5.69 Å². The summed E-state index contributed by atoms with van der Waals surface area (Å²) in [5.74, 6) is -0.577. The molecule has 0 saturated heterocycles. The van der Waals surface area contributed by atoms with Crippen LogP contribution in [0.4, 0.5) is 5.95 Å². The van der Waals surface area contributed by atoms with E-state index in [1.165, 1.54) is 0 Å². The number of rotatable bonds is 3. The highest BCUT2D eigenvalue weighted by Gasteiger charge is 2.17. The van der Waals surface area contributed by atoms with Gasteiger partial charge in [-0.15, -0.1) is 0 Å². The first kappa shape index (κ1) is 12.4. The SMILES string of the molecule is CC(Nc1nccc(C(C)(C)C)n1)C(=O)O. The van der Waals surface area contributed by atoms with Crippen LogP contribution >= 0.6 is 0 Å². The number of hydrogen-bond acceptors (Lipinski definition) is 4. The third kappa shape index (κ3) is 3.18. The van der Waals surface area contributed by atoms with E-state index in [-0.39, 0.29) is 5.41 Å². The van der Waals surface area contributed by atoms with E-state index >= 15 is 0 Å². The summed E-state index contributed by atoms with van der Waals surface area (Å²) in [4.78, 5) is 18.9. The van der Waals surface area contributed by atoms with E-state index in [1.807, 2.05) is 26.8 Å². The van der Waals surface area contributed by atoms with Crippen molar-refractivity contribution in [3.63, 3.8) is 0 Å². The Morgan fingerprint density at radius 1 is 1.50 bits per heavy atom. The molecule has 0 spiro atoms. The molecule has 88 valence electrons. The van der Waals surface area contributed by atoms with E-state index in [2.05, 4.69) is 15.3 Å². The number of anilines is 1. The lowest BCUT2D eigenvalue weighted by atomic mass is 9.92. The summed E-state index contributed by atoms with van der Waals surface area (Å²) in [6, 6.07) is 1.13. The van der Waals surface area contributed by atoms with Gasteiger partial charge < -0.3 is 10.4 Å². The highest BCUT2D eigenvalue weighted by atomic mass is 16.4. The van der Waals surface area contributed by atoms with Gasteiger partial charge in [-0.05, 0) is 13.0 Å². The first-order valence-electron chi connectivity index (χ1n) is 5.13. The van der Waals surface area contributed by atoms with Crippen LogP contribution in [0.1, 0.15) is 33.4 Å². The molecule has 0 saturated carbocycles. The van der Waals surface area contributed by atoms with Crippen LogP contribution in [0.3, 0.4) is 0 Å². The third-order valence-electron chi connectivity index (χ3n) is 2.14. The molecule has 1 atom stereocenters. The summed E-state index contributed by atoms with van der Waals surface area (Å²) < 4.78 is 0. The molecule has 5 heteroatoms. The molecule has 0 bridgehead atoms. The largest absolute Gasteiger partial charge is 0.480 e. The molecule has 0 radical (unpaired) electrons. The topological polar surface area (TPSA) is 75.1 Å². The molecule has 0 fully saturated rings. The smallest absolute Gasteiger partial charge is 0.325 e. The van der Waals surface area contributed by atoms with Gasteiger partial charge in [0.25, 0.3) is 0 Å². The van der Waals surface area contributed by atoms with Gasteiger partial charge in [0.1, 0.15) is 6.04 Å². The van der Waals surface area contributed by atoms with Crippen molar-refractivity contribution in [2.45, 2.75) is 39.2 Å². The Hall–Kier alpha value is -1.65. The number of nitrogens with one attached hydrogen (secondary N) is 1. The lowest BCUT2D eigenvalue weighted by Crippen LogP contribution is -2.27. The lowest BCUT2D eigenvalue weighted by molar-refractivity contribution is -0.137. The number of aromatic nitrogens is 2. The molecule has 16 heavy (non-hydrogen) atoms. The maximum atomic E-state index is 10.7. The minimum absolute atomic E-state index is 0.0775. The molecule has 5 nitrogen and oxygen atoms in total. The number of aliphatic carboxylic acids is 1. The summed E-state index contributed by atoms with van der Waals surface area (Å²) in [6.45, 7) is 7.68. The molecule has 1 rings (SSSR count). The molecule has 0 aliphatic rings. The van der Waals surface area contributed by atoms with Crippen LogP contribution in [-0.2, 0) is 10.2 Å². The van der Waals surface area contributed by atoms with E-state index in [1.54, 1.807) is 13.1 Å². The van der Waals surface area contributed by atoms with Gasteiger partial charge in [-0.2, -0.15) is 0 Å². The summed E-state index contributed by atoms with van der Waals surface area (Å²) in [5, 5.41) is 11.5. The Kier molecular flexibility index (Phi) is 3.47. The Balaban J connectivity index is 2.87. The van der Waals surface area contributed by atoms with Gasteiger partial charge in [-0.25, -0.2) is 9.97 Å². The quantitative estimate of drug-likeness (QED) is 0.815. The first-order chi connectivity index (χ1) is 7.30. The summed E-state index contributed by atoms with van der Waals surface area (Å²) in [6.07, 6.45) is 1.63. The second-order valence-corrected chi connectivity index (χ2v) is 4.72. The number of carboxylic acid groups (broad SMARTS) is 1. The van der Waals surface area contributed by atoms with Gasteiger partial charge in [0.15, 0.2) is 0 Å². The second-order valence-electron chi connectivity index (χ2n) is 4.72. The molecule has 1 aromatic heterocycles. The average Bonchev–Trinajstić information content (AvgIpc) is 2.16. The average molecular weight is 223 g/mol. The normalized spacial score (nSPS) is 13.2. The number of carbonyl (C=O) groups is 1. The molecular formula is C11H17N3O2. The fourth-order valence-electron chi connectivity index (χ4n) is 1.10. The lowest BCUT2D eigenvalue weighted by Gasteiger charge is -2.18. The third-order valence-corrected chi connectivity index (χ3v) is 2.14. The Bertz CT molecular complexity index is 385. The molecule has 0 aromatic carbocycles. The Labute approximate surface area is 94.9 Å². The highest BCUT2D eigenvalue weighted by Crippen LogP contribution is 2.20. The van der Waals surface area contributed by atoms with Crippen LogP contribution in [-0.4, -0.2) is 27.1 Å². The first-order valence-corrected chi connectivity index (χ1v) is 5.13. The van der Waals surface area contributed by atoms with Crippen molar-refractivity contribution in [3.8, 4) is 0 Å².